The smallest absolute Gasteiger partial charge is 0.123 e. The topological polar surface area (TPSA) is 46.2 Å². The summed E-state index contributed by atoms with van der Waals surface area (Å²) in [6, 6.07) is 4.55. The van der Waals surface area contributed by atoms with Gasteiger partial charge in [0.25, 0.3) is 0 Å². The van der Waals surface area contributed by atoms with E-state index in [0.717, 1.165) is 12.0 Å². The van der Waals surface area contributed by atoms with Crippen molar-refractivity contribution < 1.29 is 9.50 Å². The summed E-state index contributed by atoms with van der Waals surface area (Å²) in [6.07, 6.45) is 0.767. The van der Waals surface area contributed by atoms with Crippen molar-refractivity contribution in [3.05, 3.63) is 35.1 Å². The average Bonchev–Trinajstić information content (AvgIpc) is 2.41. The second-order valence-electron chi connectivity index (χ2n) is 4.04. The number of fused-ring (bicyclic) bond motifs is 1. The molecule has 0 saturated carbocycles. The molecule has 2 rings (SSSR count). The van der Waals surface area contributed by atoms with Gasteiger partial charge in [-0.05, 0) is 35.6 Å². The summed E-state index contributed by atoms with van der Waals surface area (Å²) in [4.78, 5) is 0. The van der Waals surface area contributed by atoms with Crippen LogP contribution in [0.25, 0.3) is 0 Å². The van der Waals surface area contributed by atoms with E-state index in [2.05, 4.69) is 0 Å². The van der Waals surface area contributed by atoms with E-state index >= 15 is 0 Å². The molecule has 76 valence electrons. The molecule has 0 amide bonds. The van der Waals surface area contributed by atoms with Crippen LogP contribution < -0.4 is 5.73 Å². The number of rotatable bonds is 1. The van der Waals surface area contributed by atoms with E-state index in [-0.39, 0.29) is 18.3 Å². The molecule has 2 atom stereocenters. The summed E-state index contributed by atoms with van der Waals surface area (Å²) in [5.41, 5.74) is 6.17. The zero-order chi connectivity index (χ0) is 10.3. The minimum Gasteiger partial charge on any atom is -0.384 e. The number of halogens is 1. The maximum atomic E-state index is 13.0. The SMILES string of the molecule is CC1Cc2ccc(F)cc2C1(O)CN. The second kappa shape index (κ2) is 3.04. The van der Waals surface area contributed by atoms with Crippen molar-refractivity contribution in [2.75, 3.05) is 6.54 Å². The van der Waals surface area contributed by atoms with Crippen LogP contribution in [0.5, 0.6) is 0 Å². The number of hydrogen-bond donors (Lipinski definition) is 2. The molecule has 0 spiro atoms. The molecule has 1 aromatic carbocycles. The third kappa shape index (κ3) is 1.16. The Kier molecular flexibility index (Phi) is 2.09. The third-order valence-corrected chi connectivity index (χ3v) is 3.19. The van der Waals surface area contributed by atoms with Gasteiger partial charge in [0.2, 0.25) is 0 Å². The number of benzene rings is 1. The van der Waals surface area contributed by atoms with E-state index in [9.17, 15) is 9.50 Å². The van der Waals surface area contributed by atoms with Crippen LogP contribution in [0.1, 0.15) is 18.1 Å². The monoisotopic (exact) mass is 195 g/mol. The van der Waals surface area contributed by atoms with Crippen molar-refractivity contribution in [2.24, 2.45) is 11.7 Å². The number of nitrogens with two attached hydrogens (primary N) is 1. The first kappa shape index (κ1) is 9.62. The van der Waals surface area contributed by atoms with Gasteiger partial charge in [0.15, 0.2) is 0 Å². The molecule has 1 aliphatic carbocycles. The van der Waals surface area contributed by atoms with Gasteiger partial charge in [-0.15, -0.1) is 0 Å². The van der Waals surface area contributed by atoms with Crippen LogP contribution in [-0.4, -0.2) is 11.7 Å². The highest BCUT2D eigenvalue weighted by atomic mass is 19.1. The lowest BCUT2D eigenvalue weighted by Gasteiger charge is -2.27. The first-order valence-corrected chi connectivity index (χ1v) is 4.79. The molecular weight excluding hydrogens is 181 g/mol. The van der Waals surface area contributed by atoms with Crippen LogP contribution in [0.2, 0.25) is 0 Å². The molecule has 0 aliphatic heterocycles. The molecule has 3 N–H and O–H groups in total. The molecule has 14 heavy (non-hydrogen) atoms. The molecule has 0 radical (unpaired) electrons. The molecule has 2 nitrogen and oxygen atoms in total. The highest BCUT2D eigenvalue weighted by molar-refractivity contribution is 5.39. The molecule has 0 bridgehead atoms. The summed E-state index contributed by atoms with van der Waals surface area (Å²) >= 11 is 0. The number of aliphatic hydroxyl groups is 1. The molecule has 0 aromatic heterocycles. The van der Waals surface area contributed by atoms with Gasteiger partial charge in [0.05, 0.1) is 0 Å². The summed E-state index contributed by atoms with van der Waals surface area (Å²) < 4.78 is 13.0. The standard InChI is InChI=1S/C11H14FNO/c1-7-4-8-2-3-9(12)5-10(8)11(7,14)6-13/h2-3,5,7,14H,4,6,13H2,1H3. The fraction of sp³-hybridized carbons (Fsp3) is 0.455. The Balaban J connectivity index is 2.55. The largest absolute Gasteiger partial charge is 0.384 e. The van der Waals surface area contributed by atoms with Crippen molar-refractivity contribution in [3.8, 4) is 0 Å². The molecule has 0 fully saturated rings. The van der Waals surface area contributed by atoms with Crippen LogP contribution in [0.3, 0.4) is 0 Å². The van der Waals surface area contributed by atoms with Gasteiger partial charge in [-0.2, -0.15) is 0 Å². The van der Waals surface area contributed by atoms with Crippen LogP contribution in [0.15, 0.2) is 18.2 Å². The lowest BCUT2D eigenvalue weighted by Crippen LogP contribution is -2.38. The van der Waals surface area contributed by atoms with Crippen LogP contribution in [-0.2, 0) is 12.0 Å². The van der Waals surface area contributed by atoms with Crippen molar-refractivity contribution in [2.45, 2.75) is 18.9 Å². The Morgan fingerprint density at radius 2 is 2.36 bits per heavy atom. The number of hydrogen-bond acceptors (Lipinski definition) is 2. The second-order valence-corrected chi connectivity index (χ2v) is 4.04. The Hall–Kier alpha value is -0.930. The quantitative estimate of drug-likeness (QED) is 0.706. The van der Waals surface area contributed by atoms with Gasteiger partial charge in [0, 0.05) is 6.54 Å². The van der Waals surface area contributed by atoms with Crippen LogP contribution in [0.4, 0.5) is 4.39 Å². The third-order valence-electron chi connectivity index (χ3n) is 3.19. The van der Waals surface area contributed by atoms with Gasteiger partial charge >= 0.3 is 0 Å². The average molecular weight is 195 g/mol. The minimum atomic E-state index is -1.04. The molecule has 0 heterocycles. The van der Waals surface area contributed by atoms with E-state index in [1.807, 2.05) is 6.92 Å². The molecule has 1 aliphatic rings. The highest BCUT2D eigenvalue weighted by Gasteiger charge is 2.41. The minimum absolute atomic E-state index is 0.0595. The summed E-state index contributed by atoms with van der Waals surface area (Å²) in [5.74, 6) is -0.256. The zero-order valence-electron chi connectivity index (χ0n) is 8.13. The maximum Gasteiger partial charge on any atom is 0.123 e. The van der Waals surface area contributed by atoms with Crippen molar-refractivity contribution >= 4 is 0 Å². The molecular formula is C11H14FNO. The van der Waals surface area contributed by atoms with Gasteiger partial charge in [-0.25, -0.2) is 4.39 Å². The fourth-order valence-corrected chi connectivity index (χ4v) is 2.20. The molecule has 2 unspecified atom stereocenters. The maximum absolute atomic E-state index is 13.0. The van der Waals surface area contributed by atoms with Crippen molar-refractivity contribution in [1.29, 1.82) is 0 Å². The first-order valence-electron chi connectivity index (χ1n) is 4.79. The Bertz CT molecular complexity index is 366. The van der Waals surface area contributed by atoms with Gasteiger partial charge in [0.1, 0.15) is 11.4 Å². The summed E-state index contributed by atoms with van der Waals surface area (Å²) in [7, 11) is 0. The molecule has 0 saturated heterocycles. The van der Waals surface area contributed by atoms with Crippen molar-refractivity contribution in [3.63, 3.8) is 0 Å². The normalized spacial score (nSPS) is 30.4. The van der Waals surface area contributed by atoms with Gasteiger partial charge in [-0.3, -0.25) is 0 Å². The predicted molar refractivity (Wildman–Crippen MR) is 52.2 cm³/mol. The van der Waals surface area contributed by atoms with E-state index in [1.165, 1.54) is 12.1 Å². The van der Waals surface area contributed by atoms with E-state index in [1.54, 1.807) is 6.07 Å². The van der Waals surface area contributed by atoms with Crippen LogP contribution in [0, 0.1) is 11.7 Å². The summed E-state index contributed by atoms with van der Waals surface area (Å²) in [5, 5.41) is 10.3. The van der Waals surface area contributed by atoms with E-state index in [4.69, 9.17) is 5.73 Å². The Morgan fingerprint density at radius 3 is 3.00 bits per heavy atom. The first-order chi connectivity index (χ1) is 6.58. The predicted octanol–water partition coefficient (Wildman–Crippen LogP) is 1.16. The lowest BCUT2D eigenvalue weighted by molar-refractivity contribution is 0.00477. The van der Waals surface area contributed by atoms with E-state index in [0.29, 0.717) is 5.56 Å². The van der Waals surface area contributed by atoms with E-state index < -0.39 is 5.60 Å². The Labute approximate surface area is 82.5 Å². The van der Waals surface area contributed by atoms with Gasteiger partial charge in [-0.1, -0.05) is 13.0 Å². The van der Waals surface area contributed by atoms with Crippen LogP contribution >= 0.6 is 0 Å². The summed E-state index contributed by atoms with van der Waals surface area (Å²) in [6.45, 7) is 2.08. The van der Waals surface area contributed by atoms with Crippen molar-refractivity contribution in [1.82, 2.24) is 0 Å². The Morgan fingerprint density at radius 1 is 1.64 bits per heavy atom. The lowest BCUT2D eigenvalue weighted by atomic mass is 9.89. The highest BCUT2D eigenvalue weighted by Crippen LogP contribution is 2.40. The molecule has 3 heteroatoms. The molecule has 1 aromatic rings. The van der Waals surface area contributed by atoms with Gasteiger partial charge < -0.3 is 10.8 Å². The zero-order valence-corrected chi connectivity index (χ0v) is 8.13. The fourth-order valence-electron chi connectivity index (χ4n) is 2.20.